The first-order valence-corrected chi connectivity index (χ1v) is 14.1. The molecular weight excluding hydrogens is 553 g/mol. The summed E-state index contributed by atoms with van der Waals surface area (Å²) in [5.74, 6) is -0.948. The number of hydrogen-bond donors (Lipinski definition) is 3. The molecule has 0 fully saturated rings. The van der Waals surface area contributed by atoms with E-state index in [1.165, 1.54) is 42.1 Å². The molecular formula is C33H30FN3O4S. The first-order valence-electron chi connectivity index (χ1n) is 13.2. The molecule has 0 radical (unpaired) electrons. The lowest BCUT2D eigenvalue weighted by Crippen LogP contribution is -2.30. The van der Waals surface area contributed by atoms with Crippen molar-refractivity contribution >= 4 is 46.9 Å². The third-order valence-corrected chi connectivity index (χ3v) is 7.44. The number of anilines is 2. The van der Waals surface area contributed by atoms with Crippen LogP contribution in [-0.4, -0.2) is 30.1 Å². The van der Waals surface area contributed by atoms with Gasteiger partial charge in [-0.1, -0.05) is 49.4 Å². The summed E-state index contributed by atoms with van der Waals surface area (Å²) in [7, 11) is 1.57. The number of carbonyl (C=O) groups is 3. The van der Waals surface area contributed by atoms with Crippen LogP contribution in [0.25, 0.3) is 6.08 Å². The minimum Gasteiger partial charge on any atom is -0.497 e. The zero-order chi connectivity index (χ0) is 29.9. The molecule has 0 aromatic heterocycles. The van der Waals surface area contributed by atoms with Crippen molar-refractivity contribution in [1.29, 1.82) is 0 Å². The van der Waals surface area contributed by atoms with Crippen molar-refractivity contribution in [2.24, 2.45) is 0 Å². The molecule has 7 nitrogen and oxygen atoms in total. The maximum atomic E-state index is 13.4. The first-order chi connectivity index (χ1) is 20.3. The Morgan fingerprint density at radius 3 is 2.24 bits per heavy atom. The highest BCUT2D eigenvalue weighted by atomic mass is 32.2. The summed E-state index contributed by atoms with van der Waals surface area (Å²) in [5.41, 5.74) is 2.01. The summed E-state index contributed by atoms with van der Waals surface area (Å²) in [6.07, 6.45) is 2.05. The highest BCUT2D eigenvalue weighted by Gasteiger charge is 2.19. The Morgan fingerprint density at radius 2 is 1.55 bits per heavy atom. The normalized spacial score (nSPS) is 11.7. The van der Waals surface area contributed by atoms with Crippen LogP contribution in [0.5, 0.6) is 5.75 Å². The second kappa shape index (κ2) is 14.7. The largest absolute Gasteiger partial charge is 0.497 e. The molecule has 3 amide bonds. The van der Waals surface area contributed by atoms with Crippen LogP contribution in [0.3, 0.4) is 0 Å². The minimum atomic E-state index is -0.562. The lowest BCUT2D eigenvalue weighted by molar-refractivity contribution is -0.116. The van der Waals surface area contributed by atoms with Crippen LogP contribution in [0.1, 0.15) is 29.3 Å². The minimum absolute atomic E-state index is 0.0161. The zero-order valence-electron chi connectivity index (χ0n) is 23.1. The van der Waals surface area contributed by atoms with Crippen molar-refractivity contribution in [3.8, 4) is 5.75 Å². The third kappa shape index (κ3) is 8.55. The number of benzene rings is 4. The standard InChI is InChI=1S/C33H30FN3O4S/c1-3-30(33(40)36-25-11-7-13-27(20-25)41-2)42-28-14-8-12-26(21-28)35-32(39)29(19-22-15-17-24(34)18-16-22)37-31(38)23-9-5-4-6-10-23/h4-21,30H,3H2,1-2H3,(H,35,39)(H,36,40)(H,37,38)/b29-19-. The quantitative estimate of drug-likeness (QED) is 0.134. The molecule has 0 aliphatic carbocycles. The number of amides is 3. The Kier molecular flexibility index (Phi) is 10.5. The van der Waals surface area contributed by atoms with Gasteiger partial charge in [0.2, 0.25) is 5.91 Å². The monoisotopic (exact) mass is 583 g/mol. The fraction of sp³-hybridized carbons (Fsp3) is 0.121. The molecule has 214 valence electrons. The van der Waals surface area contributed by atoms with Gasteiger partial charge in [-0.2, -0.15) is 0 Å². The Bertz CT molecular complexity index is 1580. The fourth-order valence-corrected chi connectivity index (χ4v) is 4.94. The topological polar surface area (TPSA) is 96.5 Å². The van der Waals surface area contributed by atoms with Gasteiger partial charge in [0.1, 0.15) is 17.3 Å². The molecule has 0 saturated carbocycles. The molecule has 0 saturated heterocycles. The van der Waals surface area contributed by atoms with Crippen LogP contribution >= 0.6 is 11.8 Å². The van der Waals surface area contributed by atoms with Crippen LogP contribution in [0.15, 0.2) is 114 Å². The molecule has 9 heteroatoms. The molecule has 0 heterocycles. The van der Waals surface area contributed by atoms with E-state index >= 15 is 0 Å². The lowest BCUT2D eigenvalue weighted by atomic mass is 10.1. The van der Waals surface area contributed by atoms with Crippen molar-refractivity contribution in [2.45, 2.75) is 23.5 Å². The van der Waals surface area contributed by atoms with Crippen molar-refractivity contribution in [3.05, 3.63) is 126 Å². The van der Waals surface area contributed by atoms with Gasteiger partial charge in [0.15, 0.2) is 0 Å². The van der Waals surface area contributed by atoms with E-state index in [2.05, 4.69) is 16.0 Å². The summed E-state index contributed by atoms with van der Waals surface area (Å²) in [5, 5.41) is 8.03. The van der Waals surface area contributed by atoms with Gasteiger partial charge in [-0.05, 0) is 72.7 Å². The summed E-state index contributed by atoms with van der Waals surface area (Å²) in [6, 6.07) is 28.3. The molecule has 0 aliphatic rings. The van der Waals surface area contributed by atoms with E-state index in [0.29, 0.717) is 34.7 Å². The van der Waals surface area contributed by atoms with Gasteiger partial charge < -0.3 is 20.7 Å². The molecule has 4 aromatic carbocycles. The van der Waals surface area contributed by atoms with E-state index < -0.39 is 17.6 Å². The molecule has 1 unspecified atom stereocenters. The fourth-order valence-electron chi connectivity index (χ4n) is 3.92. The summed E-state index contributed by atoms with van der Waals surface area (Å²) in [4.78, 5) is 40.0. The average molecular weight is 584 g/mol. The van der Waals surface area contributed by atoms with Gasteiger partial charge in [-0.25, -0.2) is 4.39 Å². The van der Waals surface area contributed by atoms with E-state index in [1.54, 1.807) is 79.9 Å². The Morgan fingerprint density at radius 1 is 0.857 bits per heavy atom. The van der Waals surface area contributed by atoms with Gasteiger partial charge in [-0.3, -0.25) is 14.4 Å². The van der Waals surface area contributed by atoms with Gasteiger partial charge in [0.05, 0.1) is 12.4 Å². The number of nitrogens with one attached hydrogen (secondary N) is 3. The van der Waals surface area contributed by atoms with E-state index in [-0.39, 0.29) is 16.9 Å². The molecule has 4 rings (SSSR count). The van der Waals surface area contributed by atoms with Crippen LogP contribution in [0, 0.1) is 5.82 Å². The Balaban J connectivity index is 1.49. The number of hydrogen-bond acceptors (Lipinski definition) is 5. The van der Waals surface area contributed by atoms with Crippen LogP contribution in [-0.2, 0) is 9.59 Å². The number of halogens is 1. The second-order valence-electron chi connectivity index (χ2n) is 9.15. The molecule has 0 aliphatic heterocycles. The van der Waals surface area contributed by atoms with Crippen molar-refractivity contribution in [1.82, 2.24) is 5.32 Å². The third-order valence-electron chi connectivity index (χ3n) is 6.08. The Hall–Kier alpha value is -4.89. The number of thioether (sulfide) groups is 1. The van der Waals surface area contributed by atoms with E-state index in [4.69, 9.17) is 4.74 Å². The van der Waals surface area contributed by atoms with Gasteiger partial charge >= 0.3 is 0 Å². The summed E-state index contributed by atoms with van der Waals surface area (Å²) < 4.78 is 18.7. The summed E-state index contributed by atoms with van der Waals surface area (Å²) in [6.45, 7) is 1.93. The highest BCUT2D eigenvalue weighted by molar-refractivity contribution is 8.00. The van der Waals surface area contributed by atoms with Crippen LogP contribution in [0.4, 0.5) is 15.8 Å². The van der Waals surface area contributed by atoms with Gasteiger partial charge in [0, 0.05) is 27.9 Å². The van der Waals surface area contributed by atoms with Crippen LogP contribution < -0.4 is 20.7 Å². The van der Waals surface area contributed by atoms with E-state index in [9.17, 15) is 18.8 Å². The van der Waals surface area contributed by atoms with Crippen molar-refractivity contribution in [3.63, 3.8) is 0 Å². The molecule has 0 spiro atoms. The smallest absolute Gasteiger partial charge is 0.272 e. The first kappa shape index (κ1) is 30.1. The number of ether oxygens (including phenoxy) is 1. The number of methoxy groups -OCH3 is 1. The molecule has 42 heavy (non-hydrogen) atoms. The van der Waals surface area contributed by atoms with Gasteiger partial charge in [0.25, 0.3) is 11.8 Å². The molecule has 0 bridgehead atoms. The molecule has 3 N–H and O–H groups in total. The maximum Gasteiger partial charge on any atom is 0.272 e. The van der Waals surface area contributed by atoms with Crippen molar-refractivity contribution in [2.75, 3.05) is 17.7 Å². The Labute approximate surface area is 248 Å². The molecule has 4 aromatic rings. The number of rotatable bonds is 11. The van der Waals surface area contributed by atoms with E-state index in [1.807, 2.05) is 13.0 Å². The predicted molar refractivity (Wildman–Crippen MR) is 165 cm³/mol. The lowest BCUT2D eigenvalue weighted by Gasteiger charge is -2.16. The van der Waals surface area contributed by atoms with Crippen LogP contribution in [0.2, 0.25) is 0 Å². The average Bonchev–Trinajstić information content (AvgIpc) is 3.01. The molecule has 1 atom stereocenters. The second-order valence-corrected chi connectivity index (χ2v) is 10.4. The SMILES string of the molecule is CCC(Sc1cccc(NC(=O)/C(=C/c2ccc(F)cc2)NC(=O)c2ccccc2)c1)C(=O)Nc1cccc(OC)c1. The van der Waals surface area contributed by atoms with Gasteiger partial charge in [-0.15, -0.1) is 11.8 Å². The van der Waals surface area contributed by atoms with Crippen molar-refractivity contribution < 1.29 is 23.5 Å². The maximum absolute atomic E-state index is 13.4. The summed E-state index contributed by atoms with van der Waals surface area (Å²) >= 11 is 1.37. The zero-order valence-corrected chi connectivity index (χ0v) is 23.9. The van der Waals surface area contributed by atoms with E-state index in [0.717, 1.165) is 4.90 Å². The predicted octanol–water partition coefficient (Wildman–Crippen LogP) is 6.75. The highest BCUT2D eigenvalue weighted by Crippen LogP contribution is 2.29. The number of carbonyl (C=O) groups excluding carboxylic acids is 3.